The minimum atomic E-state index is 0.211. The van der Waals surface area contributed by atoms with Crippen LogP contribution in [0.3, 0.4) is 0 Å². The number of rotatable bonds is 6. The molecule has 1 aliphatic rings. The van der Waals surface area contributed by atoms with Crippen LogP contribution in [0.15, 0.2) is 17.5 Å². The largest absolute Gasteiger partial charge is 0.396 e. The van der Waals surface area contributed by atoms with Gasteiger partial charge < -0.3 is 10.0 Å². The van der Waals surface area contributed by atoms with Crippen LogP contribution in [-0.2, 0) is 4.79 Å². The highest BCUT2D eigenvalue weighted by molar-refractivity contribution is 7.99. The minimum Gasteiger partial charge on any atom is -0.396 e. The van der Waals surface area contributed by atoms with Gasteiger partial charge in [-0.05, 0) is 36.5 Å². The predicted octanol–water partition coefficient (Wildman–Crippen LogP) is 2.53. The van der Waals surface area contributed by atoms with Gasteiger partial charge in [-0.2, -0.15) is 11.8 Å². The smallest absolute Gasteiger partial charge is 0.233 e. The van der Waals surface area contributed by atoms with Crippen molar-refractivity contribution in [2.24, 2.45) is 0 Å². The summed E-state index contributed by atoms with van der Waals surface area (Å²) in [7, 11) is 0. The van der Waals surface area contributed by atoms with Crippen molar-refractivity contribution in [2.75, 3.05) is 24.7 Å². The monoisotopic (exact) mass is 285 g/mol. The van der Waals surface area contributed by atoms with Crippen LogP contribution >= 0.6 is 23.1 Å². The lowest BCUT2D eigenvalue weighted by Gasteiger charge is -2.23. The Kier molecular flexibility index (Phi) is 5.53. The third-order valence-electron chi connectivity index (χ3n) is 3.12. The first-order valence-electron chi connectivity index (χ1n) is 6.34. The Morgan fingerprint density at radius 1 is 1.61 bits per heavy atom. The molecule has 0 aliphatic carbocycles. The predicted molar refractivity (Wildman–Crippen MR) is 77.0 cm³/mol. The number of carbonyl (C=O) groups excluding carboxylic acids is 1. The SMILES string of the molecule is O=C(CSCCCO)N1CCCC1c1cccs1. The maximum Gasteiger partial charge on any atom is 0.233 e. The van der Waals surface area contributed by atoms with Crippen LogP contribution in [0.1, 0.15) is 30.2 Å². The van der Waals surface area contributed by atoms with Gasteiger partial charge in [-0.25, -0.2) is 0 Å². The van der Waals surface area contributed by atoms with E-state index in [-0.39, 0.29) is 12.5 Å². The zero-order chi connectivity index (χ0) is 12.8. The molecule has 1 amide bonds. The third kappa shape index (κ3) is 3.49. The molecule has 2 heterocycles. The molecular formula is C13H19NO2S2. The van der Waals surface area contributed by atoms with Crippen molar-refractivity contribution in [1.29, 1.82) is 0 Å². The molecule has 1 fully saturated rings. The number of thioether (sulfide) groups is 1. The van der Waals surface area contributed by atoms with E-state index in [9.17, 15) is 4.79 Å². The molecule has 3 nitrogen and oxygen atoms in total. The number of thiophene rings is 1. The average molecular weight is 285 g/mol. The van der Waals surface area contributed by atoms with E-state index < -0.39 is 0 Å². The molecule has 0 radical (unpaired) electrons. The Bertz CT molecular complexity index is 367. The highest BCUT2D eigenvalue weighted by Crippen LogP contribution is 2.34. The van der Waals surface area contributed by atoms with Crippen molar-refractivity contribution in [3.05, 3.63) is 22.4 Å². The van der Waals surface area contributed by atoms with Crippen LogP contribution in [0, 0.1) is 0 Å². The van der Waals surface area contributed by atoms with Gasteiger partial charge in [0.05, 0.1) is 11.8 Å². The van der Waals surface area contributed by atoms with E-state index in [0.29, 0.717) is 11.8 Å². The second-order valence-corrected chi connectivity index (χ2v) is 6.47. The van der Waals surface area contributed by atoms with E-state index >= 15 is 0 Å². The van der Waals surface area contributed by atoms with Crippen molar-refractivity contribution in [3.63, 3.8) is 0 Å². The van der Waals surface area contributed by atoms with E-state index in [4.69, 9.17) is 5.11 Å². The molecule has 1 aromatic rings. The molecule has 1 aromatic heterocycles. The molecule has 0 aromatic carbocycles. The van der Waals surface area contributed by atoms with E-state index in [1.165, 1.54) is 4.88 Å². The van der Waals surface area contributed by atoms with Gasteiger partial charge in [-0.3, -0.25) is 4.79 Å². The van der Waals surface area contributed by atoms with Crippen LogP contribution in [0.5, 0.6) is 0 Å². The van der Waals surface area contributed by atoms with Gasteiger partial charge in [-0.1, -0.05) is 6.07 Å². The number of aliphatic hydroxyl groups excluding tert-OH is 1. The van der Waals surface area contributed by atoms with Crippen molar-refractivity contribution in [3.8, 4) is 0 Å². The molecule has 1 unspecified atom stereocenters. The molecule has 1 aliphatic heterocycles. The first-order valence-corrected chi connectivity index (χ1v) is 8.38. The molecule has 5 heteroatoms. The summed E-state index contributed by atoms with van der Waals surface area (Å²) >= 11 is 3.36. The third-order valence-corrected chi connectivity index (χ3v) is 5.12. The number of amides is 1. The molecule has 0 saturated carbocycles. The van der Waals surface area contributed by atoms with Crippen LogP contribution in [-0.4, -0.2) is 40.6 Å². The standard InChI is InChI=1S/C13H19NO2S2/c15-7-3-8-17-10-13(16)14-6-1-4-11(14)12-5-2-9-18-12/h2,5,9,11,15H,1,3-4,6-8,10H2. The summed E-state index contributed by atoms with van der Waals surface area (Å²) in [5, 5.41) is 10.8. The lowest BCUT2D eigenvalue weighted by atomic mass is 10.2. The Balaban J connectivity index is 1.85. The van der Waals surface area contributed by atoms with Gasteiger partial charge in [0, 0.05) is 18.0 Å². The molecule has 18 heavy (non-hydrogen) atoms. The van der Waals surface area contributed by atoms with Crippen LogP contribution in [0.25, 0.3) is 0 Å². The van der Waals surface area contributed by atoms with E-state index in [1.807, 2.05) is 4.90 Å². The number of hydrogen-bond acceptors (Lipinski definition) is 4. The normalized spacial score (nSPS) is 19.4. The van der Waals surface area contributed by atoms with Gasteiger partial charge >= 0.3 is 0 Å². The van der Waals surface area contributed by atoms with Crippen LogP contribution in [0.4, 0.5) is 0 Å². The maximum atomic E-state index is 12.2. The second kappa shape index (κ2) is 7.16. The van der Waals surface area contributed by atoms with Crippen molar-refractivity contribution < 1.29 is 9.90 Å². The quantitative estimate of drug-likeness (QED) is 0.817. The molecule has 1 saturated heterocycles. The van der Waals surface area contributed by atoms with E-state index in [0.717, 1.165) is 31.6 Å². The topological polar surface area (TPSA) is 40.5 Å². The Morgan fingerprint density at radius 2 is 2.50 bits per heavy atom. The minimum absolute atomic E-state index is 0.211. The summed E-state index contributed by atoms with van der Waals surface area (Å²) in [5.74, 6) is 1.65. The highest BCUT2D eigenvalue weighted by atomic mass is 32.2. The fourth-order valence-corrected chi connectivity index (χ4v) is 3.94. The van der Waals surface area contributed by atoms with Crippen molar-refractivity contribution in [1.82, 2.24) is 4.90 Å². The van der Waals surface area contributed by atoms with Crippen LogP contribution < -0.4 is 0 Å². The first-order chi connectivity index (χ1) is 8.83. The van der Waals surface area contributed by atoms with E-state index in [1.54, 1.807) is 23.1 Å². The lowest BCUT2D eigenvalue weighted by Crippen LogP contribution is -2.31. The summed E-state index contributed by atoms with van der Waals surface area (Å²) in [4.78, 5) is 15.5. The van der Waals surface area contributed by atoms with Crippen molar-refractivity contribution in [2.45, 2.75) is 25.3 Å². The van der Waals surface area contributed by atoms with Crippen molar-refractivity contribution >= 4 is 29.0 Å². The summed E-state index contributed by atoms with van der Waals surface area (Å²) in [6.07, 6.45) is 2.97. The number of nitrogens with zero attached hydrogens (tertiary/aromatic N) is 1. The molecular weight excluding hydrogens is 266 g/mol. The molecule has 1 N–H and O–H groups in total. The van der Waals surface area contributed by atoms with E-state index in [2.05, 4.69) is 17.5 Å². The van der Waals surface area contributed by atoms with Gasteiger partial charge in [0.15, 0.2) is 0 Å². The summed E-state index contributed by atoms with van der Waals surface area (Å²) in [6.45, 7) is 1.10. The Hall–Kier alpha value is -0.520. The highest BCUT2D eigenvalue weighted by Gasteiger charge is 2.30. The summed E-state index contributed by atoms with van der Waals surface area (Å²) in [6, 6.07) is 4.48. The first kappa shape index (κ1) is 13.9. The van der Waals surface area contributed by atoms with Gasteiger partial charge in [0.25, 0.3) is 0 Å². The molecule has 0 bridgehead atoms. The fourth-order valence-electron chi connectivity index (χ4n) is 2.25. The number of carbonyl (C=O) groups is 1. The maximum absolute atomic E-state index is 12.2. The summed E-state index contributed by atoms with van der Waals surface area (Å²) < 4.78 is 0. The zero-order valence-electron chi connectivity index (χ0n) is 10.4. The molecule has 100 valence electrons. The Morgan fingerprint density at radius 3 is 3.22 bits per heavy atom. The van der Waals surface area contributed by atoms with Crippen LogP contribution in [0.2, 0.25) is 0 Å². The average Bonchev–Trinajstić information content (AvgIpc) is 3.02. The zero-order valence-corrected chi connectivity index (χ0v) is 12.0. The van der Waals surface area contributed by atoms with Gasteiger partial charge in [0.2, 0.25) is 5.91 Å². The Labute approximate surface area is 116 Å². The number of likely N-dealkylation sites (tertiary alicyclic amines) is 1. The number of aliphatic hydroxyl groups is 1. The summed E-state index contributed by atoms with van der Waals surface area (Å²) in [5.41, 5.74) is 0. The molecule has 0 spiro atoms. The lowest BCUT2D eigenvalue weighted by molar-refractivity contribution is -0.129. The van der Waals surface area contributed by atoms with Gasteiger partial charge in [0.1, 0.15) is 0 Å². The molecule has 2 rings (SSSR count). The van der Waals surface area contributed by atoms with Gasteiger partial charge in [-0.15, -0.1) is 11.3 Å². The number of hydrogen-bond donors (Lipinski definition) is 1. The molecule has 1 atom stereocenters. The second-order valence-electron chi connectivity index (χ2n) is 4.39. The fraction of sp³-hybridized carbons (Fsp3) is 0.615.